The van der Waals surface area contributed by atoms with Gasteiger partial charge < -0.3 is 0 Å². The van der Waals surface area contributed by atoms with E-state index in [9.17, 15) is 18.5 Å². The van der Waals surface area contributed by atoms with Crippen LogP contribution in [-0.4, -0.2) is 53.7 Å². The van der Waals surface area contributed by atoms with Crippen LogP contribution in [0.2, 0.25) is 5.02 Å². The molecule has 0 atom stereocenters. The number of pyridine rings is 1. The molecule has 1 fully saturated rings. The van der Waals surface area contributed by atoms with Crippen LogP contribution in [0.4, 0.5) is 5.69 Å². The standard InChI is InChI=1S/C17H19ClN4O4S/c1-13-16(18)10-15(11-17(13)22(23)24)27(25,26)21-8-6-20(7-9-21)12-14-4-2-3-5-19-14/h2-5,10-11H,6-9,12H2,1H3. The Morgan fingerprint density at radius 1 is 1.22 bits per heavy atom. The highest BCUT2D eigenvalue weighted by Crippen LogP contribution is 2.31. The van der Waals surface area contributed by atoms with Gasteiger partial charge in [0, 0.05) is 50.6 Å². The zero-order valence-corrected chi connectivity index (χ0v) is 16.3. The molecule has 10 heteroatoms. The monoisotopic (exact) mass is 410 g/mol. The fourth-order valence-electron chi connectivity index (χ4n) is 2.98. The maximum absolute atomic E-state index is 12.9. The van der Waals surface area contributed by atoms with Crippen molar-refractivity contribution in [1.82, 2.24) is 14.2 Å². The second-order valence-electron chi connectivity index (χ2n) is 6.31. The molecular formula is C17H19ClN4O4S. The lowest BCUT2D eigenvalue weighted by Crippen LogP contribution is -2.48. The number of nitro groups is 1. The van der Waals surface area contributed by atoms with Crippen LogP contribution in [0, 0.1) is 17.0 Å². The van der Waals surface area contributed by atoms with Crippen LogP contribution in [0.15, 0.2) is 41.4 Å². The molecule has 0 N–H and O–H groups in total. The lowest BCUT2D eigenvalue weighted by molar-refractivity contribution is -0.385. The molecule has 0 unspecified atom stereocenters. The van der Waals surface area contributed by atoms with Crippen LogP contribution in [-0.2, 0) is 16.6 Å². The van der Waals surface area contributed by atoms with Crippen molar-refractivity contribution in [2.75, 3.05) is 26.2 Å². The van der Waals surface area contributed by atoms with E-state index < -0.39 is 14.9 Å². The Kier molecular flexibility index (Phi) is 5.75. The van der Waals surface area contributed by atoms with Gasteiger partial charge in [-0.2, -0.15) is 4.31 Å². The molecule has 0 amide bonds. The van der Waals surface area contributed by atoms with E-state index >= 15 is 0 Å². The van der Waals surface area contributed by atoms with Crippen LogP contribution >= 0.6 is 11.6 Å². The normalized spacial score (nSPS) is 16.4. The number of nitro benzene ring substituents is 1. The van der Waals surface area contributed by atoms with Crippen molar-refractivity contribution in [2.45, 2.75) is 18.4 Å². The van der Waals surface area contributed by atoms with Gasteiger partial charge in [-0.3, -0.25) is 20.0 Å². The molecule has 1 aliphatic rings. The van der Waals surface area contributed by atoms with E-state index in [-0.39, 0.29) is 21.2 Å². The van der Waals surface area contributed by atoms with Gasteiger partial charge in [-0.25, -0.2) is 8.42 Å². The highest BCUT2D eigenvalue weighted by atomic mass is 35.5. The van der Waals surface area contributed by atoms with E-state index in [2.05, 4.69) is 9.88 Å². The van der Waals surface area contributed by atoms with E-state index in [1.165, 1.54) is 17.3 Å². The van der Waals surface area contributed by atoms with Crippen molar-refractivity contribution in [3.8, 4) is 0 Å². The van der Waals surface area contributed by atoms with E-state index in [4.69, 9.17) is 11.6 Å². The summed E-state index contributed by atoms with van der Waals surface area (Å²) in [5.74, 6) is 0. The van der Waals surface area contributed by atoms with Crippen molar-refractivity contribution in [3.63, 3.8) is 0 Å². The highest BCUT2D eigenvalue weighted by molar-refractivity contribution is 7.89. The summed E-state index contributed by atoms with van der Waals surface area (Å²) in [4.78, 5) is 16.8. The van der Waals surface area contributed by atoms with Gasteiger partial charge in [-0.15, -0.1) is 0 Å². The molecule has 0 bridgehead atoms. The Morgan fingerprint density at radius 2 is 1.93 bits per heavy atom. The van der Waals surface area contributed by atoms with E-state index in [1.54, 1.807) is 6.20 Å². The zero-order chi connectivity index (χ0) is 19.6. The van der Waals surface area contributed by atoms with Crippen molar-refractivity contribution >= 4 is 27.3 Å². The summed E-state index contributed by atoms with van der Waals surface area (Å²) in [5.41, 5.74) is 0.880. The molecule has 0 radical (unpaired) electrons. The first-order valence-corrected chi connectivity index (χ1v) is 10.2. The number of benzene rings is 1. The minimum absolute atomic E-state index is 0.0663. The number of halogens is 1. The van der Waals surface area contributed by atoms with Crippen LogP contribution in [0.3, 0.4) is 0 Å². The Balaban J connectivity index is 1.75. The van der Waals surface area contributed by atoms with Crippen molar-refractivity contribution in [3.05, 3.63) is 62.9 Å². The number of piperazine rings is 1. The summed E-state index contributed by atoms with van der Waals surface area (Å²) in [6.07, 6.45) is 1.73. The Hall–Kier alpha value is -2.07. The summed E-state index contributed by atoms with van der Waals surface area (Å²) in [6, 6.07) is 8.05. The Labute approximate surface area is 162 Å². The molecule has 2 heterocycles. The van der Waals surface area contributed by atoms with Gasteiger partial charge in [0.1, 0.15) is 0 Å². The first-order valence-electron chi connectivity index (χ1n) is 8.36. The smallest absolute Gasteiger partial charge is 0.275 e. The highest BCUT2D eigenvalue weighted by Gasteiger charge is 2.31. The number of hydrogen-bond donors (Lipinski definition) is 0. The lowest BCUT2D eigenvalue weighted by Gasteiger charge is -2.33. The Morgan fingerprint density at radius 3 is 2.52 bits per heavy atom. The third-order valence-corrected chi connectivity index (χ3v) is 6.84. The molecule has 1 aliphatic heterocycles. The van der Waals surface area contributed by atoms with Crippen LogP contribution < -0.4 is 0 Å². The average Bonchev–Trinajstić information content (AvgIpc) is 2.64. The molecule has 3 rings (SSSR count). The minimum Gasteiger partial charge on any atom is -0.295 e. The molecule has 8 nitrogen and oxygen atoms in total. The first kappa shape index (κ1) is 19.7. The molecule has 144 valence electrons. The number of aromatic nitrogens is 1. The van der Waals surface area contributed by atoms with Gasteiger partial charge >= 0.3 is 0 Å². The van der Waals surface area contributed by atoms with Crippen LogP contribution in [0.1, 0.15) is 11.3 Å². The first-order chi connectivity index (χ1) is 12.8. The maximum Gasteiger partial charge on any atom is 0.275 e. The third kappa shape index (κ3) is 4.27. The summed E-state index contributed by atoms with van der Waals surface area (Å²) in [7, 11) is -3.85. The fourth-order valence-corrected chi connectivity index (χ4v) is 4.73. The minimum atomic E-state index is -3.85. The van der Waals surface area contributed by atoms with Gasteiger partial charge in [0.2, 0.25) is 10.0 Å². The predicted molar refractivity (Wildman–Crippen MR) is 101 cm³/mol. The van der Waals surface area contributed by atoms with E-state index in [0.29, 0.717) is 32.7 Å². The zero-order valence-electron chi connectivity index (χ0n) is 14.7. The second-order valence-corrected chi connectivity index (χ2v) is 8.65. The van der Waals surface area contributed by atoms with Crippen molar-refractivity contribution in [2.24, 2.45) is 0 Å². The largest absolute Gasteiger partial charge is 0.295 e. The fraction of sp³-hybridized carbons (Fsp3) is 0.353. The van der Waals surface area contributed by atoms with Crippen molar-refractivity contribution < 1.29 is 13.3 Å². The molecule has 1 saturated heterocycles. The molecule has 2 aromatic rings. The average molecular weight is 411 g/mol. The molecule has 0 saturated carbocycles. The summed E-state index contributed by atoms with van der Waals surface area (Å²) in [5, 5.41) is 11.2. The quantitative estimate of drug-likeness (QED) is 0.554. The van der Waals surface area contributed by atoms with Gasteiger partial charge in [-0.1, -0.05) is 17.7 Å². The SMILES string of the molecule is Cc1c(Cl)cc(S(=O)(=O)N2CCN(Cc3ccccn3)CC2)cc1[N+](=O)[O-]. The topological polar surface area (TPSA) is 96.7 Å². The van der Waals surface area contributed by atoms with Crippen molar-refractivity contribution in [1.29, 1.82) is 0 Å². The van der Waals surface area contributed by atoms with Gasteiger partial charge in [0.15, 0.2) is 0 Å². The van der Waals surface area contributed by atoms with Crippen LogP contribution in [0.5, 0.6) is 0 Å². The molecular weight excluding hydrogens is 392 g/mol. The third-order valence-electron chi connectivity index (χ3n) is 4.57. The molecule has 27 heavy (non-hydrogen) atoms. The number of hydrogen-bond acceptors (Lipinski definition) is 6. The predicted octanol–water partition coefficient (Wildman–Crippen LogP) is 2.46. The summed E-state index contributed by atoms with van der Waals surface area (Å²) in [6.45, 7) is 3.85. The molecule has 1 aromatic carbocycles. The number of rotatable bonds is 5. The van der Waals surface area contributed by atoms with Crippen LogP contribution in [0.25, 0.3) is 0 Å². The maximum atomic E-state index is 12.9. The molecule has 1 aromatic heterocycles. The molecule has 0 aliphatic carbocycles. The van der Waals surface area contributed by atoms with E-state index in [1.807, 2.05) is 18.2 Å². The lowest BCUT2D eigenvalue weighted by atomic mass is 10.2. The summed E-state index contributed by atoms with van der Waals surface area (Å²) < 4.78 is 27.1. The van der Waals surface area contributed by atoms with E-state index in [0.717, 1.165) is 11.8 Å². The Bertz CT molecular complexity index is 945. The van der Waals surface area contributed by atoms with Gasteiger partial charge in [-0.05, 0) is 25.1 Å². The second kappa shape index (κ2) is 7.89. The number of sulfonamides is 1. The number of nitrogens with zero attached hydrogens (tertiary/aromatic N) is 4. The van der Waals surface area contributed by atoms with Gasteiger partial charge in [0.05, 0.1) is 20.5 Å². The summed E-state index contributed by atoms with van der Waals surface area (Å²) >= 11 is 6.02. The molecule has 0 spiro atoms. The van der Waals surface area contributed by atoms with Gasteiger partial charge in [0.25, 0.3) is 5.69 Å².